The Balaban J connectivity index is 1.69. The summed E-state index contributed by atoms with van der Waals surface area (Å²) in [6, 6.07) is 9.87. The SMILES string of the molecule is CC1(C)[C@@H]2CC[C@@]1(C)c1c2cnn1C[C@@H](O)c1ccccc1. The van der Waals surface area contributed by atoms with Crippen LogP contribution in [0.2, 0.25) is 0 Å². The molecule has 0 saturated heterocycles. The van der Waals surface area contributed by atoms with Crippen LogP contribution in [0.4, 0.5) is 0 Å². The highest BCUT2D eigenvalue weighted by molar-refractivity contribution is 5.44. The van der Waals surface area contributed by atoms with Crippen LogP contribution >= 0.6 is 0 Å². The van der Waals surface area contributed by atoms with Gasteiger partial charge in [0.05, 0.1) is 18.8 Å². The Morgan fingerprint density at radius 3 is 2.73 bits per heavy atom. The van der Waals surface area contributed by atoms with Crippen LogP contribution in [0, 0.1) is 5.41 Å². The maximum Gasteiger partial charge on any atom is 0.0986 e. The zero-order valence-electron chi connectivity index (χ0n) is 13.6. The van der Waals surface area contributed by atoms with E-state index in [2.05, 4.69) is 30.6 Å². The molecule has 3 atom stereocenters. The Hall–Kier alpha value is -1.61. The van der Waals surface area contributed by atoms with Gasteiger partial charge in [0, 0.05) is 11.1 Å². The van der Waals surface area contributed by atoms with Gasteiger partial charge in [-0.15, -0.1) is 0 Å². The summed E-state index contributed by atoms with van der Waals surface area (Å²) in [6.45, 7) is 7.70. The molecule has 116 valence electrons. The number of hydrogen-bond acceptors (Lipinski definition) is 2. The summed E-state index contributed by atoms with van der Waals surface area (Å²) in [7, 11) is 0. The molecular formula is C19H24N2O. The van der Waals surface area contributed by atoms with Crippen molar-refractivity contribution in [1.82, 2.24) is 9.78 Å². The second kappa shape index (κ2) is 4.45. The maximum absolute atomic E-state index is 10.5. The van der Waals surface area contributed by atoms with E-state index < -0.39 is 6.10 Å². The summed E-state index contributed by atoms with van der Waals surface area (Å²) in [5, 5.41) is 15.2. The van der Waals surface area contributed by atoms with Crippen molar-refractivity contribution >= 4 is 0 Å². The summed E-state index contributed by atoms with van der Waals surface area (Å²) >= 11 is 0. The molecule has 1 fully saturated rings. The van der Waals surface area contributed by atoms with E-state index in [1.165, 1.54) is 24.1 Å². The van der Waals surface area contributed by atoms with Gasteiger partial charge in [0.15, 0.2) is 0 Å². The fourth-order valence-corrected chi connectivity index (χ4v) is 4.81. The molecule has 2 aliphatic rings. The lowest BCUT2D eigenvalue weighted by Crippen LogP contribution is -2.34. The van der Waals surface area contributed by atoms with Crippen molar-refractivity contribution in [2.75, 3.05) is 0 Å². The molecule has 0 radical (unpaired) electrons. The van der Waals surface area contributed by atoms with Crippen molar-refractivity contribution in [2.45, 2.75) is 57.6 Å². The van der Waals surface area contributed by atoms with E-state index in [-0.39, 0.29) is 5.41 Å². The second-order valence-corrected chi connectivity index (χ2v) is 7.70. The minimum Gasteiger partial charge on any atom is -0.386 e. The molecule has 2 aromatic rings. The molecule has 0 amide bonds. The predicted molar refractivity (Wildman–Crippen MR) is 86.7 cm³/mol. The molecule has 0 spiro atoms. The normalized spacial score (nSPS) is 29.5. The third kappa shape index (κ3) is 1.63. The van der Waals surface area contributed by atoms with Crippen molar-refractivity contribution in [3.63, 3.8) is 0 Å². The number of rotatable bonds is 3. The first-order valence-electron chi connectivity index (χ1n) is 8.24. The van der Waals surface area contributed by atoms with Gasteiger partial charge in [-0.25, -0.2) is 0 Å². The van der Waals surface area contributed by atoms with E-state index in [1.807, 2.05) is 36.5 Å². The van der Waals surface area contributed by atoms with Crippen LogP contribution in [0.3, 0.4) is 0 Å². The topological polar surface area (TPSA) is 38.0 Å². The molecular weight excluding hydrogens is 272 g/mol. The first-order chi connectivity index (χ1) is 10.4. The summed E-state index contributed by atoms with van der Waals surface area (Å²) in [5.41, 5.74) is 4.21. The monoisotopic (exact) mass is 296 g/mol. The van der Waals surface area contributed by atoms with E-state index in [4.69, 9.17) is 0 Å². The Bertz CT molecular complexity index is 703. The van der Waals surface area contributed by atoms with Crippen LogP contribution < -0.4 is 0 Å². The largest absolute Gasteiger partial charge is 0.386 e. The van der Waals surface area contributed by atoms with Crippen LogP contribution in [-0.2, 0) is 12.0 Å². The third-order valence-corrected chi connectivity index (χ3v) is 6.52. The molecule has 3 heteroatoms. The molecule has 2 aliphatic carbocycles. The number of nitrogens with zero attached hydrogens (tertiary/aromatic N) is 2. The summed E-state index contributed by atoms with van der Waals surface area (Å²) in [5.74, 6) is 0.620. The Morgan fingerprint density at radius 1 is 1.27 bits per heavy atom. The van der Waals surface area contributed by atoms with E-state index in [0.29, 0.717) is 17.9 Å². The standard InChI is InChI=1S/C19H24N2O/c1-18(2)15-9-10-19(18,3)17-14(15)11-20-21(17)12-16(22)13-7-5-4-6-8-13/h4-8,11,15-16,22H,9-10,12H2,1-3H3/t15-,16-,19+/m1/s1. The van der Waals surface area contributed by atoms with Crippen molar-refractivity contribution in [3.05, 3.63) is 53.3 Å². The lowest BCUT2D eigenvalue weighted by atomic mass is 9.70. The van der Waals surface area contributed by atoms with Crippen molar-refractivity contribution in [3.8, 4) is 0 Å². The zero-order chi connectivity index (χ0) is 15.5. The van der Waals surface area contributed by atoms with Gasteiger partial charge < -0.3 is 5.11 Å². The molecule has 1 N–H and O–H groups in total. The Kier molecular flexibility index (Phi) is 2.83. The number of aliphatic hydroxyl groups excluding tert-OH is 1. The molecule has 22 heavy (non-hydrogen) atoms. The van der Waals surface area contributed by atoms with E-state index in [1.54, 1.807) is 0 Å². The van der Waals surface area contributed by atoms with Crippen molar-refractivity contribution in [1.29, 1.82) is 0 Å². The van der Waals surface area contributed by atoms with Crippen LogP contribution in [0.15, 0.2) is 36.5 Å². The molecule has 1 saturated carbocycles. The maximum atomic E-state index is 10.5. The fourth-order valence-electron chi connectivity index (χ4n) is 4.81. The first-order valence-corrected chi connectivity index (χ1v) is 8.24. The van der Waals surface area contributed by atoms with Crippen molar-refractivity contribution in [2.24, 2.45) is 5.41 Å². The van der Waals surface area contributed by atoms with Gasteiger partial charge in [-0.1, -0.05) is 51.1 Å². The molecule has 2 bridgehead atoms. The highest BCUT2D eigenvalue weighted by Gasteiger charge is 2.61. The highest BCUT2D eigenvalue weighted by atomic mass is 16.3. The highest BCUT2D eigenvalue weighted by Crippen LogP contribution is 2.67. The smallest absolute Gasteiger partial charge is 0.0986 e. The van der Waals surface area contributed by atoms with Crippen LogP contribution in [0.1, 0.15) is 62.5 Å². The number of hydrogen-bond donors (Lipinski definition) is 1. The van der Waals surface area contributed by atoms with E-state index in [0.717, 1.165) is 5.56 Å². The summed E-state index contributed by atoms with van der Waals surface area (Å²) in [4.78, 5) is 0. The molecule has 1 aromatic heterocycles. The van der Waals surface area contributed by atoms with Gasteiger partial charge in [0.2, 0.25) is 0 Å². The lowest BCUT2D eigenvalue weighted by molar-refractivity contribution is 0.143. The molecule has 1 heterocycles. The quantitative estimate of drug-likeness (QED) is 0.935. The number of fused-ring (bicyclic) bond motifs is 5. The molecule has 0 unspecified atom stereocenters. The third-order valence-electron chi connectivity index (χ3n) is 6.52. The minimum atomic E-state index is -0.504. The average molecular weight is 296 g/mol. The minimum absolute atomic E-state index is 0.180. The summed E-state index contributed by atoms with van der Waals surface area (Å²) in [6.07, 6.45) is 4.04. The first kappa shape index (κ1) is 14.0. The number of aliphatic hydroxyl groups is 1. The molecule has 3 nitrogen and oxygen atoms in total. The fraction of sp³-hybridized carbons (Fsp3) is 0.526. The molecule has 4 rings (SSSR count). The Morgan fingerprint density at radius 2 is 2.00 bits per heavy atom. The second-order valence-electron chi connectivity index (χ2n) is 7.70. The van der Waals surface area contributed by atoms with Crippen molar-refractivity contribution < 1.29 is 5.11 Å². The van der Waals surface area contributed by atoms with Gasteiger partial charge in [-0.05, 0) is 35.3 Å². The van der Waals surface area contributed by atoms with Gasteiger partial charge in [-0.3, -0.25) is 4.68 Å². The molecule has 1 aromatic carbocycles. The van der Waals surface area contributed by atoms with Crippen LogP contribution in [0.25, 0.3) is 0 Å². The number of benzene rings is 1. The van der Waals surface area contributed by atoms with Gasteiger partial charge >= 0.3 is 0 Å². The summed E-state index contributed by atoms with van der Waals surface area (Å²) < 4.78 is 2.06. The Labute approximate surface area is 132 Å². The van der Waals surface area contributed by atoms with E-state index in [9.17, 15) is 5.11 Å². The molecule has 0 aliphatic heterocycles. The van der Waals surface area contributed by atoms with Crippen LogP contribution in [-0.4, -0.2) is 14.9 Å². The lowest BCUT2D eigenvalue weighted by Gasteiger charge is -2.36. The van der Waals surface area contributed by atoms with E-state index >= 15 is 0 Å². The van der Waals surface area contributed by atoms with Gasteiger partial charge in [0.25, 0.3) is 0 Å². The average Bonchev–Trinajstić information content (AvgIpc) is 3.06. The van der Waals surface area contributed by atoms with Gasteiger partial charge in [-0.2, -0.15) is 5.10 Å². The predicted octanol–water partition coefficient (Wildman–Crippen LogP) is 3.79. The van der Waals surface area contributed by atoms with Crippen LogP contribution in [0.5, 0.6) is 0 Å². The van der Waals surface area contributed by atoms with Gasteiger partial charge in [0.1, 0.15) is 0 Å². The number of aromatic nitrogens is 2. The zero-order valence-corrected chi connectivity index (χ0v) is 13.6.